The highest BCUT2D eigenvalue weighted by Gasteiger charge is 2.04. The number of rotatable bonds is 0. The number of hydrogen-bond donors (Lipinski definition) is 1. The Morgan fingerprint density at radius 2 is 2.15 bits per heavy atom. The van der Waals surface area contributed by atoms with Crippen LogP contribution in [0.1, 0.15) is 5.56 Å². The average Bonchev–Trinajstić information content (AvgIpc) is 2.46. The van der Waals surface area contributed by atoms with Crippen molar-refractivity contribution < 1.29 is 0 Å². The Hall–Kier alpha value is -0.250. The van der Waals surface area contributed by atoms with Crippen LogP contribution < -0.4 is 0 Å². The first-order valence-corrected chi connectivity index (χ1v) is 5.87. The maximum atomic E-state index is 8.75. The normalized spacial score (nSPS) is 10.2. The molecular formula is C9H4INS2. The average molecular weight is 317 g/mol. The third kappa shape index (κ3) is 1.68. The van der Waals surface area contributed by atoms with Crippen molar-refractivity contribution in [3.63, 3.8) is 0 Å². The molecule has 0 aliphatic carbocycles. The maximum Gasteiger partial charge on any atom is 0.0992 e. The van der Waals surface area contributed by atoms with Crippen LogP contribution in [0.25, 0.3) is 10.1 Å². The van der Waals surface area contributed by atoms with Crippen LogP contribution in [0.4, 0.5) is 0 Å². The van der Waals surface area contributed by atoms with Gasteiger partial charge in [0, 0.05) is 15.0 Å². The molecule has 1 heterocycles. The fourth-order valence-electron chi connectivity index (χ4n) is 1.15. The molecule has 0 saturated carbocycles. The Morgan fingerprint density at radius 3 is 2.85 bits per heavy atom. The zero-order chi connectivity index (χ0) is 9.42. The van der Waals surface area contributed by atoms with Gasteiger partial charge in [0.15, 0.2) is 0 Å². The van der Waals surface area contributed by atoms with Crippen molar-refractivity contribution in [1.82, 2.24) is 0 Å². The minimum absolute atomic E-state index is 0.677. The Labute approximate surface area is 98.9 Å². The van der Waals surface area contributed by atoms with Crippen molar-refractivity contribution in [2.24, 2.45) is 0 Å². The van der Waals surface area contributed by atoms with Crippen molar-refractivity contribution in [2.45, 2.75) is 4.90 Å². The van der Waals surface area contributed by atoms with Gasteiger partial charge in [-0.05, 0) is 40.8 Å². The summed E-state index contributed by atoms with van der Waals surface area (Å²) in [6, 6.07) is 7.92. The summed E-state index contributed by atoms with van der Waals surface area (Å²) in [4.78, 5) is 0.883. The number of hydrogen-bond acceptors (Lipinski definition) is 3. The molecule has 0 spiro atoms. The van der Waals surface area contributed by atoms with Gasteiger partial charge in [-0.3, -0.25) is 0 Å². The predicted molar refractivity (Wildman–Crippen MR) is 66.5 cm³/mol. The highest BCUT2D eigenvalue weighted by Crippen LogP contribution is 2.32. The number of benzene rings is 1. The van der Waals surface area contributed by atoms with E-state index in [0.717, 1.165) is 15.0 Å². The first-order chi connectivity index (χ1) is 6.20. The lowest BCUT2D eigenvalue weighted by Gasteiger charge is -1.94. The van der Waals surface area contributed by atoms with Gasteiger partial charge in [-0.15, -0.1) is 24.0 Å². The molecule has 0 amide bonds. The lowest BCUT2D eigenvalue weighted by molar-refractivity contribution is 1.46. The summed E-state index contributed by atoms with van der Waals surface area (Å²) >= 11 is 8.30. The molecule has 0 aliphatic heterocycles. The zero-order valence-electron chi connectivity index (χ0n) is 6.41. The van der Waals surface area contributed by atoms with Crippen LogP contribution >= 0.6 is 46.6 Å². The van der Waals surface area contributed by atoms with E-state index < -0.39 is 0 Å². The van der Waals surface area contributed by atoms with Crippen LogP contribution in [0.3, 0.4) is 0 Å². The number of nitrogens with zero attached hydrogens (tertiary/aromatic N) is 1. The second-order valence-electron chi connectivity index (χ2n) is 2.57. The monoisotopic (exact) mass is 317 g/mol. The molecular weight excluding hydrogens is 313 g/mol. The molecule has 0 aliphatic rings. The first-order valence-electron chi connectivity index (χ1n) is 3.53. The molecule has 0 radical (unpaired) electrons. The second-order valence-corrected chi connectivity index (χ2v) is 6.03. The first kappa shape index (κ1) is 9.31. The fourth-order valence-corrected chi connectivity index (χ4v) is 3.43. The number of halogens is 1. The Kier molecular flexibility index (Phi) is 2.49. The van der Waals surface area contributed by atoms with Gasteiger partial charge in [-0.2, -0.15) is 5.26 Å². The van der Waals surface area contributed by atoms with E-state index in [0.29, 0.717) is 5.56 Å². The van der Waals surface area contributed by atoms with E-state index >= 15 is 0 Å². The molecule has 2 aromatic rings. The molecule has 0 N–H and O–H groups in total. The fraction of sp³-hybridized carbons (Fsp3) is 0. The maximum absolute atomic E-state index is 8.75. The van der Waals surface area contributed by atoms with Gasteiger partial charge in [-0.1, -0.05) is 0 Å². The molecule has 0 saturated heterocycles. The van der Waals surface area contributed by atoms with Crippen LogP contribution in [-0.2, 0) is 0 Å². The van der Waals surface area contributed by atoms with Gasteiger partial charge in [0.1, 0.15) is 0 Å². The lowest BCUT2D eigenvalue weighted by Crippen LogP contribution is -1.74. The Balaban J connectivity index is 2.85. The van der Waals surface area contributed by atoms with Gasteiger partial charge in [-0.25, -0.2) is 0 Å². The van der Waals surface area contributed by atoms with Gasteiger partial charge >= 0.3 is 0 Å². The topological polar surface area (TPSA) is 23.8 Å². The van der Waals surface area contributed by atoms with Crippen LogP contribution in [0.2, 0.25) is 0 Å². The van der Waals surface area contributed by atoms with Crippen molar-refractivity contribution in [2.75, 3.05) is 0 Å². The SMILES string of the molecule is N#Cc1cc(S)c2cc(I)sc2c1. The molecule has 0 unspecified atom stereocenters. The highest BCUT2D eigenvalue weighted by molar-refractivity contribution is 14.1. The summed E-state index contributed by atoms with van der Waals surface area (Å²) in [7, 11) is 0. The van der Waals surface area contributed by atoms with E-state index in [-0.39, 0.29) is 0 Å². The van der Waals surface area contributed by atoms with Crippen molar-refractivity contribution in [3.8, 4) is 6.07 Å². The van der Waals surface area contributed by atoms with Crippen LogP contribution in [-0.4, -0.2) is 0 Å². The van der Waals surface area contributed by atoms with E-state index in [1.807, 2.05) is 6.07 Å². The molecule has 64 valence electrons. The molecule has 1 aromatic heterocycles. The number of thiophene rings is 1. The smallest absolute Gasteiger partial charge is 0.0992 e. The van der Waals surface area contributed by atoms with Crippen LogP contribution in [0, 0.1) is 14.2 Å². The summed E-state index contributed by atoms with van der Waals surface area (Å²) in [6.45, 7) is 0. The highest BCUT2D eigenvalue weighted by atomic mass is 127. The Morgan fingerprint density at radius 1 is 1.38 bits per heavy atom. The standard InChI is InChI=1S/C9H4INS2/c10-9-3-6-7(12)1-5(4-11)2-8(6)13-9/h1-3,12H. The molecule has 1 nitrogen and oxygen atoms in total. The van der Waals surface area contributed by atoms with E-state index in [1.54, 1.807) is 17.4 Å². The summed E-state index contributed by atoms with van der Waals surface area (Å²) in [5, 5.41) is 9.88. The quantitative estimate of drug-likeness (QED) is 0.582. The molecule has 4 heteroatoms. The minimum Gasteiger partial charge on any atom is -0.192 e. The molecule has 2 rings (SSSR count). The predicted octanol–water partition coefficient (Wildman–Crippen LogP) is 3.67. The largest absolute Gasteiger partial charge is 0.192 e. The molecule has 0 atom stereocenters. The summed E-state index contributed by atoms with van der Waals surface area (Å²) < 4.78 is 2.35. The van der Waals surface area contributed by atoms with E-state index in [4.69, 9.17) is 5.26 Å². The van der Waals surface area contributed by atoms with E-state index in [1.165, 1.54) is 2.88 Å². The third-order valence-electron chi connectivity index (χ3n) is 1.71. The van der Waals surface area contributed by atoms with Crippen LogP contribution in [0.15, 0.2) is 23.1 Å². The number of nitriles is 1. The van der Waals surface area contributed by atoms with Crippen molar-refractivity contribution >= 4 is 56.6 Å². The van der Waals surface area contributed by atoms with Crippen molar-refractivity contribution in [3.05, 3.63) is 26.6 Å². The summed E-state index contributed by atoms with van der Waals surface area (Å²) in [5.41, 5.74) is 0.677. The molecule has 0 bridgehead atoms. The number of fused-ring (bicyclic) bond motifs is 1. The molecule has 13 heavy (non-hydrogen) atoms. The van der Waals surface area contributed by atoms with Crippen molar-refractivity contribution in [1.29, 1.82) is 5.26 Å². The summed E-state index contributed by atoms with van der Waals surface area (Å²) in [6.07, 6.45) is 0. The summed E-state index contributed by atoms with van der Waals surface area (Å²) in [5.74, 6) is 0. The van der Waals surface area contributed by atoms with Crippen LogP contribution in [0.5, 0.6) is 0 Å². The van der Waals surface area contributed by atoms with Gasteiger partial charge in [0.05, 0.1) is 14.5 Å². The second kappa shape index (κ2) is 3.48. The zero-order valence-corrected chi connectivity index (χ0v) is 10.3. The van der Waals surface area contributed by atoms with Gasteiger partial charge in [0.2, 0.25) is 0 Å². The Bertz CT molecular complexity index is 510. The van der Waals surface area contributed by atoms with Gasteiger partial charge < -0.3 is 0 Å². The van der Waals surface area contributed by atoms with E-state index in [2.05, 4.69) is 47.4 Å². The van der Waals surface area contributed by atoms with Gasteiger partial charge in [0.25, 0.3) is 0 Å². The molecule has 0 fully saturated rings. The third-order valence-corrected chi connectivity index (χ3v) is 3.93. The minimum atomic E-state index is 0.677. The molecule has 1 aromatic carbocycles. The number of thiol groups is 1. The van der Waals surface area contributed by atoms with E-state index in [9.17, 15) is 0 Å². The lowest BCUT2D eigenvalue weighted by atomic mass is 10.2.